The molecule has 0 saturated heterocycles. The number of hydrogen-bond acceptors (Lipinski definition) is 3. The van der Waals surface area contributed by atoms with Crippen LogP contribution in [0.5, 0.6) is 0 Å². The van der Waals surface area contributed by atoms with Crippen LogP contribution in [0.3, 0.4) is 0 Å². The molecule has 1 aromatic heterocycles. The van der Waals surface area contributed by atoms with Crippen LogP contribution < -0.4 is 5.32 Å². The Balaban J connectivity index is 2.17. The molecule has 0 radical (unpaired) electrons. The minimum Gasteiger partial charge on any atom is -0.392 e. The fourth-order valence-corrected chi connectivity index (χ4v) is 2.98. The second-order valence-corrected chi connectivity index (χ2v) is 6.98. The van der Waals surface area contributed by atoms with E-state index >= 15 is 0 Å². The lowest BCUT2D eigenvalue weighted by Gasteiger charge is -2.22. The van der Waals surface area contributed by atoms with Crippen LogP contribution in [-0.2, 0) is 26.7 Å². The van der Waals surface area contributed by atoms with Crippen LogP contribution in [0.2, 0.25) is 0 Å². The van der Waals surface area contributed by atoms with E-state index in [2.05, 4.69) is 34.2 Å². The number of nitrogens with zero attached hydrogens (tertiary/aromatic N) is 4. The highest BCUT2D eigenvalue weighted by Crippen LogP contribution is 2.19. The highest BCUT2D eigenvalue weighted by atomic mass is 19.1. The van der Waals surface area contributed by atoms with Gasteiger partial charge >= 0.3 is 0 Å². The van der Waals surface area contributed by atoms with Crippen molar-refractivity contribution in [3.63, 3.8) is 0 Å². The maximum Gasteiger partial charge on any atom is 0.194 e. The van der Waals surface area contributed by atoms with Gasteiger partial charge in [0, 0.05) is 44.5 Å². The summed E-state index contributed by atoms with van der Waals surface area (Å²) in [5.74, 6) is 0.725. The minimum absolute atomic E-state index is 0.290. The van der Waals surface area contributed by atoms with Crippen molar-refractivity contribution in [1.82, 2.24) is 20.0 Å². The highest BCUT2D eigenvalue weighted by molar-refractivity contribution is 5.79. The number of benzene rings is 1. The Bertz CT molecular complexity index is 785. The Morgan fingerprint density at radius 1 is 1.37 bits per heavy atom. The quantitative estimate of drug-likeness (QED) is 0.577. The molecule has 0 unspecified atom stereocenters. The van der Waals surface area contributed by atoms with Gasteiger partial charge in [-0.05, 0) is 30.5 Å². The van der Waals surface area contributed by atoms with Crippen LogP contribution in [0.4, 0.5) is 4.39 Å². The molecule has 0 atom stereocenters. The summed E-state index contributed by atoms with van der Waals surface area (Å²) in [4.78, 5) is 6.72. The zero-order valence-electron chi connectivity index (χ0n) is 16.8. The van der Waals surface area contributed by atoms with Gasteiger partial charge in [-0.25, -0.2) is 9.38 Å². The maximum atomic E-state index is 13.5. The average Bonchev–Trinajstić information content (AvgIpc) is 3.00. The molecule has 27 heavy (non-hydrogen) atoms. The van der Waals surface area contributed by atoms with E-state index in [0.29, 0.717) is 19.0 Å². The monoisotopic (exact) mass is 375 g/mol. The maximum absolute atomic E-state index is 13.5. The summed E-state index contributed by atoms with van der Waals surface area (Å²) in [6, 6.07) is 4.72. The first kappa shape index (κ1) is 20.9. The fraction of sp³-hybridized carbons (Fsp3) is 0.500. The van der Waals surface area contributed by atoms with Gasteiger partial charge in [0.1, 0.15) is 5.82 Å². The van der Waals surface area contributed by atoms with Gasteiger partial charge in [0.2, 0.25) is 0 Å². The Kier molecular flexibility index (Phi) is 7.36. The van der Waals surface area contributed by atoms with E-state index in [1.807, 2.05) is 31.9 Å². The van der Waals surface area contributed by atoms with Gasteiger partial charge in [0.25, 0.3) is 0 Å². The van der Waals surface area contributed by atoms with Gasteiger partial charge in [-0.3, -0.25) is 4.68 Å². The van der Waals surface area contributed by atoms with E-state index in [1.165, 1.54) is 11.6 Å². The molecule has 0 saturated carbocycles. The summed E-state index contributed by atoms with van der Waals surface area (Å²) >= 11 is 0. The Hall–Kier alpha value is -2.41. The lowest BCUT2D eigenvalue weighted by molar-refractivity contribution is 0.275. The van der Waals surface area contributed by atoms with Crippen molar-refractivity contribution in [2.45, 2.75) is 46.4 Å². The van der Waals surface area contributed by atoms with Crippen molar-refractivity contribution >= 4 is 5.96 Å². The molecule has 148 valence electrons. The standard InChI is InChI=1S/C20H30FN5O/c1-6-22-20(23-10-15-7-8-18(21)16(9-15)13-27)25(4)11-17-12-26(5)24-19(17)14(2)3/h7-9,12,14,27H,6,10-11,13H2,1-5H3,(H,22,23). The Morgan fingerprint density at radius 3 is 2.74 bits per heavy atom. The molecule has 2 aromatic rings. The number of aliphatic hydroxyl groups excluding tert-OH is 1. The Morgan fingerprint density at radius 2 is 2.11 bits per heavy atom. The third-order valence-electron chi connectivity index (χ3n) is 4.28. The summed E-state index contributed by atoms with van der Waals surface area (Å²) in [6.07, 6.45) is 2.04. The van der Waals surface area contributed by atoms with Crippen LogP contribution in [-0.4, -0.2) is 39.3 Å². The molecule has 1 aromatic carbocycles. The Labute approximate surface area is 160 Å². The number of rotatable bonds is 7. The summed E-state index contributed by atoms with van der Waals surface area (Å²) in [5.41, 5.74) is 3.41. The molecule has 2 N–H and O–H groups in total. The van der Waals surface area contributed by atoms with E-state index in [4.69, 9.17) is 0 Å². The zero-order chi connectivity index (χ0) is 20.0. The molecular formula is C20H30FN5O. The number of guanidine groups is 1. The minimum atomic E-state index is -0.396. The van der Waals surface area contributed by atoms with E-state index in [9.17, 15) is 9.50 Å². The predicted octanol–water partition coefficient (Wildman–Crippen LogP) is 2.77. The number of aliphatic hydroxyl groups is 1. The van der Waals surface area contributed by atoms with E-state index < -0.39 is 5.82 Å². The third kappa shape index (κ3) is 5.53. The third-order valence-corrected chi connectivity index (χ3v) is 4.28. The molecule has 2 rings (SSSR count). The van der Waals surface area contributed by atoms with E-state index in [1.54, 1.807) is 12.1 Å². The summed E-state index contributed by atoms with van der Waals surface area (Å²) in [5, 5.41) is 17.1. The average molecular weight is 375 g/mol. The molecular weight excluding hydrogens is 345 g/mol. The SMILES string of the molecule is CCNC(=NCc1ccc(F)c(CO)c1)N(C)Cc1cn(C)nc1C(C)C. The molecule has 1 heterocycles. The summed E-state index contributed by atoms with van der Waals surface area (Å²) in [6.45, 7) is 7.83. The van der Waals surface area contributed by atoms with Gasteiger partial charge in [0.05, 0.1) is 18.8 Å². The van der Waals surface area contributed by atoms with Crippen LogP contribution in [0.1, 0.15) is 49.1 Å². The van der Waals surface area contributed by atoms with Gasteiger partial charge in [0.15, 0.2) is 5.96 Å². The van der Waals surface area contributed by atoms with Gasteiger partial charge in [-0.15, -0.1) is 0 Å². The van der Waals surface area contributed by atoms with Crippen molar-refractivity contribution in [2.24, 2.45) is 12.0 Å². The molecule has 7 heteroatoms. The number of halogens is 1. The smallest absolute Gasteiger partial charge is 0.194 e. The van der Waals surface area contributed by atoms with Crippen molar-refractivity contribution in [2.75, 3.05) is 13.6 Å². The number of nitrogens with one attached hydrogen (secondary N) is 1. The van der Waals surface area contributed by atoms with Gasteiger partial charge in [-0.1, -0.05) is 19.9 Å². The largest absolute Gasteiger partial charge is 0.392 e. The van der Waals surface area contributed by atoms with Crippen LogP contribution in [0.25, 0.3) is 0 Å². The van der Waals surface area contributed by atoms with E-state index in [0.717, 1.165) is 23.8 Å². The fourth-order valence-electron chi connectivity index (χ4n) is 2.98. The number of aliphatic imine (C=N–C) groups is 1. The van der Waals surface area contributed by atoms with Crippen molar-refractivity contribution in [1.29, 1.82) is 0 Å². The first-order valence-corrected chi connectivity index (χ1v) is 9.25. The molecule has 6 nitrogen and oxygen atoms in total. The van der Waals surface area contributed by atoms with Crippen molar-refractivity contribution < 1.29 is 9.50 Å². The zero-order valence-corrected chi connectivity index (χ0v) is 16.8. The second kappa shape index (κ2) is 9.50. The molecule has 0 fully saturated rings. The topological polar surface area (TPSA) is 65.7 Å². The first-order valence-electron chi connectivity index (χ1n) is 9.25. The summed E-state index contributed by atoms with van der Waals surface area (Å²) < 4.78 is 15.4. The molecule has 0 amide bonds. The molecule has 0 spiro atoms. The second-order valence-electron chi connectivity index (χ2n) is 6.98. The van der Waals surface area contributed by atoms with Gasteiger partial charge in [-0.2, -0.15) is 5.10 Å². The van der Waals surface area contributed by atoms with Crippen molar-refractivity contribution in [3.8, 4) is 0 Å². The number of hydrogen-bond donors (Lipinski definition) is 2. The normalized spacial score (nSPS) is 11.9. The number of aromatic nitrogens is 2. The van der Waals surface area contributed by atoms with Crippen LogP contribution in [0, 0.1) is 5.82 Å². The van der Waals surface area contributed by atoms with Crippen LogP contribution >= 0.6 is 0 Å². The molecule has 0 aliphatic rings. The lowest BCUT2D eigenvalue weighted by atomic mass is 10.1. The molecule has 0 aliphatic carbocycles. The van der Waals surface area contributed by atoms with Gasteiger partial charge < -0.3 is 15.3 Å². The first-order chi connectivity index (χ1) is 12.8. The predicted molar refractivity (Wildman–Crippen MR) is 106 cm³/mol. The van der Waals surface area contributed by atoms with Crippen LogP contribution in [0.15, 0.2) is 29.4 Å². The molecule has 0 bridgehead atoms. The highest BCUT2D eigenvalue weighted by Gasteiger charge is 2.15. The molecule has 0 aliphatic heterocycles. The van der Waals surface area contributed by atoms with E-state index in [-0.39, 0.29) is 12.2 Å². The number of aryl methyl sites for hydroxylation is 1. The lowest BCUT2D eigenvalue weighted by Crippen LogP contribution is -2.38. The summed E-state index contributed by atoms with van der Waals surface area (Å²) in [7, 11) is 3.92. The van der Waals surface area contributed by atoms with Crippen molar-refractivity contribution in [3.05, 3.63) is 52.6 Å².